The fourth-order valence-corrected chi connectivity index (χ4v) is 4.65. The number of carbonyl (C=O) groups excluding carboxylic acids is 1. The van der Waals surface area contributed by atoms with E-state index in [-0.39, 0.29) is 30.6 Å². The topological polar surface area (TPSA) is 72.8 Å². The zero-order valence-electron chi connectivity index (χ0n) is 17.7. The molecule has 28 heavy (non-hydrogen) atoms. The van der Waals surface area contributed by atoms with Gasteiger partial charge in [-0.1, -0.05) is 33.8 Å². The van der Waals surface area contributed by atoms with E-state index in [0.29, 0.717) is 5.75 Å². The van der Waals surface area contributed by atoms with Crippen molar-refractivity contribution in [1.82, 2.24) is 0 Å². The van der Waals surface area contributed by atoms with Gasteiger partial charge in [0, 0.05) is 11.7 Å². The molecule has 1 N–H and O–H groups in total. The summed E-state index contributed by atoms with van der Waals surface area (Å²) >= 11 is 0. The maximum atomic E-state index is 12.3. The van der Waals surface area contributed by atoms with Crippen molar-refractivity contribution in [2.45, 2.75) is 65.7 Å². The van der Waals surface area contributed by atoms with Crippen molar-refractivity contribution in [2.24, 2.45) is 0 Å². The number of benzene rings is 1. The number of fused-ring (bicyclic) bond motifs is 1. The minimum atomic E-state index is -3.19. The van der Waals surface area contributed by atoms with Gasteiger partial charge in [0.2, 0.25) is 0 Å². The van der Waals surface area contributed by atoms with Crippen LogP contribution in [-0.2, 0) is 36.7 Å². The third kappa shape index (κ3) is 5.56. The highest BCUT2D eigenvalue weighted by Gasteiger charge is 2.26. The summed E-state index contributed by atoms with van der Waals surface area (Å²) in [5.74, 6) is 0.137. The molecule has 0 radical (unpaired) electrons. The molecule has 1 aromatic carbocycles. The zero-order chi connectivity index (χ0) is 20.9. The van der Waals surface area contributed by atoms with Gasteiger partial charge >= 0.3 is 7.60 Å². The standard InChI is InChI=1S/C22H33O5P/c1-6-26-28(25,7-2)27-15-17(23)13-12-16-14-20(22(3,4)5)21(24)19-11-9-8-10-18(16)19/h12-14,24H,6-11,15H2,1-5H3. The van der Waals surface area contributed by atoms with Crippen molar-refractivity contribution >= 4 is 19.5 Å². The molecule has 1 atom stereocenters. The molecule has 1 aromatic rings. The van der Waals surface area contributed by atoms with E-state index in [1.807, 2.05) is 6.07 Å². The number of hydrogen-bond acceptors (Lipinski definition) is 5. The third-order valence-corrected chi connectivity index (χ3v) is 6.98. The molecule has 156 valence electrons. The van der Waals surface area contributed by atoms with Gasteiger partial charge in [-0.25, -0.2) is 0 Å². The van der Waals surface area contributed by atoms with Gasteiger partial charge in [-0.3, -0.25) is 9.36 Å². The Balaban J connectivity index is 2.25. The van der Waals surface area contributed by atoms with Crippen LogP contribution in [0.1, 0.15) is 69.7 Å². The highest BCUT2D eigenvalue weighted by Crippen LogP contribution is 2.47. The number of phenols is 1. The van der Waals surface area contributed by atoms with E-state index < -0.39 is 7.60 Å². The molecule has 0 saturated carbocycles. The molecule has 1 aliphatic rings. The van der Waals surface area contributed by atoms with E-state index in [2.05, 4.69) is 20.8 Å². The molecule has 0 heterocycles. The van der Waals surface area contributed by atoms with Gasteiger partial charge in [-0.2, -0.15) is 0 Å². The van der Waals surface area contributed by atoms with Crippen molar-refractivity contribution < 1.29 is 23.5 Å². The van der Waals surface area contributed by atoms with Crippen LogP contribution >= 0.6 is 7.60 Å². The maximum absolute atomic E-state index is 12.3. The lowest BCUT2D eigenvalue weighted by molar-refractivity contribution is -0.116. The molecule has 2 rings (SSSR count). The Kier molecular flexibility index (Phi) is 7.66. The summed E-state index contributed by atoms with van der Waals surface area (Å²) in [7, 11) is -3.19. The summed E-state index contributed by atoms with van der Waals surface area (Å²) in [4.78, 5) is 12.3. The molecule has 0 aliphatic heterocycles. The van der Waals surface area contributed by atoms with Crippen molar-refractivity contribution in [3.63, 3.8) is 0 Å². The van der Waals surface area contributed by atoms with Gasteiger partial charge in [0.25, 0.3) is 0 Å². The molecule has 1 aliphatic carbocycles. The van der Waals surface area contributed by atoms with Gasteiger partial charge < -0.3 is 14.2 Å². The summed E-state index contributed by atoms with van der Waals surface area (Å²) in [6, 6.07) is 1.99. The average molecular weight is 408 g/mol. The SMILES string of the molecule is CCOP(=O)(CC)OCC(=O)C=Cc1cc(C(C)(C)C)c(O)c2c1CCCC2. The lowest BCUT2D eigenvalue weighted by atomic mass is 9.79. The summed E-state index contributed by atoms with van der Waals surface area (Å²) in [5.41, 5.74) is 3.79. The molecule has 1 unspecified atom stereocenters. The number of ketones is 1. The highest BCUT2D eigenvalue weighted by molar-refractivity contribution is 7.53. The van der Waals surface area contributed by atoms with Crippen LogP contribution in [0.5, 0.6) is 5.75 Å². The predicted molar refractivity (Wildman–Crippen MR) is 113 cm³/mol. The van der Waals surface area contributed by atoms with E-state index in [4.69, 9.17) is 9.05 Å². The third-order valence-electron chi connectivity index (χ3n) is 5.03. The fourth-order valence-electron chi connectivity index (χ4n) is 3.49. The Labute approximate surface area is 168 Å². The van der Waals surface area contributed by atoms with Crippen molar-refractivity contribution in [3.05, 3.63) is 34.4 Å². The Morgan fingerprint density at radius 2 is 1.82 bits per heavy atom. The van der Waals surface area contributed by atoms with Crippen LogP contribution in [0, 0.1) is 0 Å². The van der Waals surface area contributed by atoms with E-state index in [1.54, 1.807) is 19.9 Å². The van der Waals surface area contributed by atoms with Gasteiger partial charge in [-0.05, 0) is 66.9 Å². The Morgan fingerprint density at radius 3 is 2.39 bits per heavy atom. The monoisotopic (exact) mass is 408 g/mol. The summed E-state index contributed by atoms with van der Waals surface area (Å²) < 4.78 is 22.7. The van der Waals surface area contributed by atoms with E-state index in [1.165, 1.54) is 6.08 Å². The van der Waals surface area contributed by atoms with Gasteiger partial charge in [0.15, 0.2) is 5.78 Å². The minimum absolute atomic E-state index is 0.197. The lowest BCUT2D eigenvalue weighted by Gasteiger charge is -2.27. The first-order valence-electron chi connectivity index (χ1n) is 10.1. The highest BCUT2D eigenvalue weighted by atomic mass is 31.2. The van der Waals surface area contributed by atoms with Crippen molar-refractivity contribution in [3.8, 4) is 5.75 Å². The van der Waals surface area contributed by atoms with Crippen LogP contribution in [0.3, 0.4) is 0 Å². The summed E-state index contributed by atoms with van der Waals surface area (Å²) in [6.45, 7) is 9.68. The second kappa shape index (κ2) is 9.39. The van der Waals surface area contributed by atoms with Crippen LogP contribution < -0.4 is 0 Å². The van der Waals surface area contributed by atoms with Gasteiger partial charge in [-0.15, -0.1) is 0 Å². The first-order valence-corrected chi connectivity index (χ1v) is 11.8. The fraction of sp³-hybridized carbons (Fsp3) is 0.591. The Bertz CT molecular complexity index is 789. The Hall–Kier alpha value is -1.42. The van der Waals surface area contributed by atoms with Crippen molar-refractivity contribution in [1.29, 1.82) is 0 Å². The first-order chi connectivity index (χ1) is 13.1. The predicted octanol–water partition coefficient (Wildman–Crippen LogP) is 5.42. The van der Waals surface area contributed by atoms with E-state index in [9.17, 15) is 14.5 Å². The molecule has 6 heteroatoms. The van der Waals surface area contributed by atoms with E-state index in [0.717, 1.165) is 47.9 Å². The van der Waals surface area contributed by atoms with Crippen LogP contribution in [0.4, 0.5) is 0 Å². The normalized spacial score (nSPS) is 16.8. The molecule has 5 nitrogen and oxygen atoms in total. The second-order valence-corrected chi connectivity index (χ2v) is 10.6. The molecule has 0 saturated heterocycles. The molecule has 0 amide bonds. The maximum Gasteiger partial charge on any atom is 0.330 e. The van der Waals surface area contributed by atoms with E-state index >= 15 is 0 Å². The average Bonchev–Trinajstić information content (AvgIpc) is 2.65. The minimum Gasteiger partial charge on any atom is -0.507 e. The molecule has 0 fully saturated rings. The van der Waals surface area contributed by atoms with Crippen LogP contribution in [0.2, 0.25) is 0 Å². The summed E-state index contributed by atoms with van der Waals surface area (Å²) in [5, 5.41) is 10.8. The van der Waals surface area contributed by atoms with Crippen LogP contribution in [0.15, 0.2) is 12.1 Å². The molecular formula is C22H33O5P. The number of aromatic hydroxyl groups is 1. The second-order valence-electron chi connectivity index (χ2n) is 8.19. The largest absolute Gasteiger partial charge is 0.507 e. The van der Waals surface area contributed by atoms with Crippen molar-refractivity contribution in [2.75, 3.05) is 19.4 Å². The number of carbonyl (C=O) groups is 1. The lowest BCUT2D eigenvalue weighted by Crippen LogP contribution is -2.15. The molecular weight excluding hydrogens is 375 g/mol. The number of rotatable bonds is 8. The van der Waals surface area contributed by atoms with Gasteiger partial charge in [0.1, 0.15) is 12.4 Å². The molecule has 0 bridgehead atoms. The molecule has 0 spiro atoms. The summed E-state index contributed by atoms with van der Waals surface area (Å²) in [6.07, 6.45) is 7.39. The van der Waals surface area contributed by atoms with Crippen LogP contribution in [0.25, 0.3) is 6.08 Å². The zero-order valence-corrected chi connectivity index (χ0v) is 18.6. The molecule has 0 aromatic heterocycles. The first kappa shape index (κ1) is 22.9. The number of phenolic OH excluding ortho intramolecular Hbond substituents is 1. The Morgan fingerprint density at radius 1 is 1.18 bits per heavy atom. The van der Waals surface area contributed by atoms with Gasteiger partial charge in [0.05, 0.1) is 6.61 Å². The number of hydrogen-bond donors (Lipinski definition) is 1. The quantitative estimate of drug-likeness (QED) is 0.459. The van der Waals surface area contributed by atoms with Crippen LogP contribution in [-0.4, -0.2) is 30.3 Å². The smallest absolute Gasteiger partial charge is 0.330 e.